The maximum absolute atomic E-state index is 12.5. The molecule has 2 aliphatic heterocycles. The minimum Gasteiger partial charge on any atom is -1.00 e. The number of aliphatic carboxylic acids is 1. The molecule has 3 N–H and O–H groups in total. The zero-order chi connectivity index (χ0) is 17.5. The summed E-state index contributed by atoms with van der Waals surface area (Å²) in [7, 11) is 1.82. The molecule has 6 atom stereocenters. The molecule has 0 amide bonds. The maximum atomic E-state index is 12.5. The predicted molar refractivity (Wildman–Crippen MR) is 80.6 cm³/mol. The van der Waals surface area contributed by atoms with Gasteiger partial charge in [0.15, 0.2) is 12.2 Å². The Kier molecular flexibility index (Phi) is 5.80. The molecule has 0 spiro atoms. The van der Waals surface area contributed by atoms with E-state index in [4.69, 9.17) is 4.74 Å². The van der Waals surface area contributed by atoms with E-state index in [0.29, 0.717) is 6.54 Å². The molecule has 2 aliphatic rings. The summed E-state index contributed by atoms with van der Waals surface area (Å²) in [5.41, 5.74) is 0.932. The summed E-state index contributed by atoms with van der Waals surface area (Å²) in [6.45, 7) is 0.602. The van der Waals surface area contributed by atoms with E-state index in [0.717, 1.165) is 18.4 Å². The Labute approximate surface area is 151 Å². The molecule has 0 aromatic carbocycles. The molecule has 2 saturated heterocycles. The van der Waals surface area contributed by atoms with Crippen LogP contribution in [0, 0.1) is 0 Å². The van der Waals surface area contributed by atoms with Crippen molar-refractivity contribution < 1.29 is 46.5 Å². The molecule has 1 aromatic rings. The highest BCUT2D eigenvalue weighted by atomic mass is 35.5. The molecule has 3 heterocycles. The first-order chi connectivity index (χ1) is 11.4. The first-order valence-electron chi connectivity index (χ1n) is 7.89. The fourth-order valence-electron chi connectivity index (χ4n) is 3.84. The molecule has 0 radical (unpaired) electrons. The normalized spacial score (nSPS) is 38.2. The number of carboxylic acid groups (broad SMARTS) is 1. The van der Waals surface area contributed by atoms with Gasteiger partial charge in [0.1, 0.15) is 12.1 Å². The molecule has 2 fully saturated rings. The number of pyridine rings is 1. The molecule has 9 heteroatoms. The van der Waals surface area contributed by atoms with Crippen molar-refractivity contribution in [3.05, 3.63) is 30.1 Å². The highest BCUT2D eigenvalue weighted by Crippen LogP contribution is 2.42. The van der Waals surface area contributed by atoms with E-state index in [9.17, 15) is 24.9 Å². The van der Waals surface area contributed by atoms with E-state index < -0.39 is 36.3 Å². The third-order valence-electron chi connectivity index (χ3n) is 5.12. The van der Waals surface area contributed by atoms with Crippen LogP contribution in [0.5, 0.6) is 0 Å². The van der Waals surface area contributed by atoms with Crippen molar-refractivity contribution in [1.82, 2.24) is 4.98 Å². The van der Waals surface area contributed by atoms with Gasteiger partial charge in [-0.1, -0.05) is 6.07 Å². The Morgan fingerprint density at radius 3 is 2.72 bits per heavy atom. The van der Waals surface area contributed by atoms with Crippen LogP contribution >= 0.6 is 0 Å². The van der Waals surface area contributed by atoms with Crippen LogP contribution in [-0.2, 0) is 14.3 Å². The second kappa shape index (κ2) is 7.35. The van der Waals surface area contributed by atoms with Crippen LogP contribution in [0.2, 0.25) is 0 Å². The highest BCUT2D eigenvalue weighted by molar-refractivity contribution is 5.89. The summed E-state index contributed by atoms with van der Waals surface area (Å²) in [5, 5.41) is 29.0. The zero-order valence-electron chi connectivity index (χ0n) is 13.7. The summed E-state index contributed by atoms with van der Waals surface area (Å²) in [6, 6.07) is 3.62. The van der Waals surface area contributed by atoms with E-state index in [1.807, 2.05) is 13.1 Å². The molecule has 0 saturated carbocycles. The van der Waals surface area contributed by atoms with Gasteiger partial charge in [-0.15, -0.1) is 0 Å². The van der Waals surface area contributed by atoms with Crippen LogP contribution in [0.15, 0.2) is 24.5 Å². The van der Waals surface area contributed by atoms with E-state index in [2.05, 4.69) is 4.98 Å². The Morgan fingerprint density at radius 1 is 1.40 bits per heavy atom. The summed E-state index contributed by atoms with van der Waals surface area (Å²) in [6.07, 6.45) is -1.30. The number of quaternary nitrogens is 1. The molecule has 138 valence electrons. The number of carbonyl (C=O) groups excluding carboxylic acids is 1. The van der Waals surface area contributed by atoms with Crippen molar-refractivity contribution in [3.8, 4) is 0 Å². The Bertz CT molecular complexity index is 645. The zero-order valence-corrected chi connectivity index (χ0v) is 14.4. The van der Waals surface area contributed by atoms with Crippen LogP contribution in [0.4, 0.5) is 0 Å². The van der Waals surface area contributed by atoms with E-state index in [-0.39, 0.29) is 22.9 Å². The highest BCUT2D eigenvalue weighted by Gasteiger charge is 2.57. The molecule has 3 rings (SSSR count). The van der Waals surface area contributed by atoms with Crippen LogP contribution in [-0.4, -0.2) is 74.7 Å². The lowest BCUT2D eigenvalue weighted by molar-refractivity contribution is -0.962. The second-order valence-electron chi connectivity index (χ2n) is 6.60. The number of rotatable bonds is 3. The Hall–Kier alpha value is -1.58. The number of nitrogens with zero attached hydrogens (tertiary/aromatic N) is 2. The third-order valence-corrected chi connectivity index (χ3v) is 5.12. The number of aromatic nitrogens is 1. The Morgan fingerprint density at radius 2 is 2.12 bits per heavy atom. The van der Waals surface area contributed by atoms with Crippen LogP contribution < -0.4 is 12.4 Å². The minimum atomic E-state index is -1.77. The number of aliphatic hydroxyl groups excluding tert-OH is 2. The van der Waals surface area contributed by atoms with E-state index in [1.165, 1.54) is 0 Å². The van der Waals surface area contributed by atoms with Crippen LogP contribution in [0.25, 0.3) is 0 Å². The molecule has 1 aromatic heterocycles. The largest absolute Gasteiger partial charge is 1.00 e. The average Bonchev–Trinajstić information content (AvgIpc) is 2.96. The number of carbonyl (C=O) groups is 2. The number of ketones is 1. The molecule has 0 aliphatic carbocycles. The number of hydrogen-bond donors (Lipinski definition) is 3. The van der Waals surface area contributed by atoms with Crippen molar-refractivity contribution in [2.45, 2.75) is 43.4 Å². The number of likely N-dealkylation sites (N-methyl/N-ethyl adjacent to an activating group) is 1. The van der Waals surface area contributed by atoms with Crippen molar-refractivity contribution in [1.29, 1.82) is 0 Å². The van der Waals surface area contributed by atoms with E-state index >= 15 is 0 Å². The van der Waals surface area contributed by atoms with Gasteiger partial charge in [-0.05, 0) is 6.07 Å². The van der Waals surface area contributed by atoms with Gasteiger partial charge in [0, 0.05) is 30.8 Å². The summed E-state index contributed by atoms with van der Waals surface area (Å²) < 4.78 is 5.61. The smallest absolute Gasteiger partial charge is 0.335 e. The van der Waals surface area contributed by atoms with Crippen molar-refractivity contribution in [3.63, 3.8) is 0 Å². The van der Waals surface area contributed by atoms with Crippen LogP contribution in [0.3, 0.4) is 0 Å². The van der Waals surface area contributed by atoms with Gasteiger partial charge in [0.2, 0.25) is 5.78 Å². The van der Waals surface area contributed by atoms with Gasteiger partial charge in [-0.25, -0.2) is 4.79 Å². The first kappa shape index (κ1) is 19.7. The lowest BCUT2D eigenvalue weighted by atomic mass is 9.96. The lowest BCUT2D eigenvalue weighted by Gasteiger charge is -2.45. The van der Waals surface area contributed by atoms with Crippen molar-refractivity contribution in [2.75, 3.05) is 13.6 Å². The molecule has 6 unspecified atom stereocenters. The van der Waals surface area contributed by atoms with Gasteiger partial charge in [0.25, 0.3) is 6.23 Å². The second-order valence-corrected chi connectivity index (χ2v) is 6.60. The van der Waals surface area contributed by atoms with Gasteiger partial charge >= 0.3 is 5.97 Å². The number of carboxylic acids is 1. The van der Waals surface area contributed by atoms with Crippen molar-refractivity contribution in [2.24, 2.45) is 0 Å². The molecule has 25 heavy (non-hydrogen) atoms. The Balaban J connectivity index is 0.00000225. The lowest BCUT2D eigenvalue weighted by Crippen LogP contribution is -3.00. The number of ether oxygens (including phenoxy) is 1. The van der Waals surface area contributed by atoms with Gasteiger partial charge in [0.05, 0.1) is 13.6 Å². The standard InChI is InChI=1S/C16H20N2O6.ClH/c1-18(7-3-5-10(18)9-4-2-6-17-8-9)15-13(21)11(19)12(20)14(24-15)16(22)23;/h2,4,6,8,10-12,14-15,19-20H,3,5,7H2,1H3;1H. The van der Waals surface area contributed by atoms with Crippen LogP contribution in [0.1, 0.15) is 24.4 Å². The summed E-state index contributed by atoms with van der Waals surface area (Å²) in [5.74, 6) is -2.08. The van der Waals surface area contributed by atoms with Gasteiger partial charge < -0.3 is 32.5 Å². The molecular formula is C16H21ClN2O6. The number of aliphatic hydroxyl groups is 2. The molecule has 0 bridgehead atoms. The first-order valence-corrected chi connectivity index (χ1v) is 7.89. The minimum absolute atomic E-state index is 0. The number of hydrogen-bond acceptors (Lipinski definition) is 6. The summed E-state index contributed by atoms with van der Waals surface area (Å²) in [4.78, 5) is 27.9. The number of Topliss-reactive ketones (excluding diaryl/α,β-unsaturated/α-hetero) is 1. The quantitative estimate of drug-likeness (QED) is 0.471. The van der Waals surface area contributed by atoms with E-state index in [1.54, 1.807) is 18.5 Å². The molecule has 8 nitrogen and oxygen atoms in total. The maximum Gasteiger partial charge on any atom is 0.335 e. The molecular weight excluding hydrogens is 352 g/mol. The van der Waals surface area contributed by atoms with Gasteiger partial charge in [-0.2, -0.15) is 0 Å². The fourth-order valence-corrected chi connectivity index (χ4v) is 3.84. The average molecular weight is 373 g/mol. The fraction of sp³-hybridized carbons (Fsp3) is 0.562. The third kappa shape index (κ3) is 3.28. The topological polar surface area (TPSA) is 117 Å². The summed E-state index contributed by atoms with van der Waals surface area (Å²) >= 11 is 0. The van der Waals surface area contributed by atoms with Gasteiger partial charge in [-0.3, -0.25) is 14.3 Å². The monoisotopic (exact) mass is 372 g/mol. The van der Waals surface area contributed by atoms with Crippen molar-refractivity contribution >= 4 is 11.8 Å². The predicted octanol–water partition coefficient (Wildman–Crippen LogP) is -3.53. The number of halogens is 1. The number of likely N-dealkylation sites (tertiary alicyclic amines) is 1. The SMILES string of the molecule is C[N+]1(C2OC(C(=O)O)C(O)C(O)C2=O)CCCC1c1cccnc1.[Cl-].